The lowest BCUT2D eigenvalue weighted by Crippen LogP contribution is -2.27. The van der Waals surface area contributed by atoms with Crippen LogP contribution in [0.5, 0.6) is 5.75 Å². The van der Waals surface area contributed by atoms with Crippen molar-refractivity contribution in [2.75, 3.05) is 7.11 Å². The summed E-state index contributed by atoms with van der Waals surface area (Å²) in [6, 6.07) is 16.3. The van der Waals surface area contributed by atoms with Crippen LogP contribution < -0.4 is 4.74 Å². The number of nitrogens with zero attached hydrogens (tertiary/aromatic N) is 1. The molecule has 0 radical (unpaired) electrons. The number of methoxy groups -OCH3 is 1. The molecule has 26 heavy (non-hydrogen) atoms. The molecule has 0 aliphatic heterocycles. The van der Waals surface area contributed by atoms with Gasteiger partial charge < -0.3 is 9.84 Å². The van der Waals surface area contributed by atoms with Crippen molar-refractivity contribution in [3.05, 3.63) is 59.7 Å². The summed E-state index contributed by atoms with van der Waals surface area (Å²) in [5, 5.41) is 9.86. The van der Waals surface area contributed by atoms with E-state index >= 15 is 0 Å². The first-order chi connectivity index (χ1) is 12.1. The van der Waals surface area contributed by atoms with Crippen molar-refractivity contribution in [2.24, 2.45) is 0 Å². The molecule has 138 valence electrons. The minimum atomic E-state index is -3.84. The lowest BCUT2D eigenvalue weighted by Gasteiger charge is -2.19. The van der Waals surface area contributed by atoms with Crippen LogP contribution in [0.4, 0.5) is 0 Å². The summed E-state index contributed by atoms with van der Waals surface area (Å²) < 4.78 is 32.2. The van der Waals surface area contributed by atoms with Crippen molar-refractivity contribution in [2.45, 2.75) is 37.8 Å². The molecular formula is C20H23NO4S. The maximum Gasteiger partial charge on any atom is 0.271 e. The van der Waals surface area contributed by atoms with Crippen LogP contribution in [0.15, 0.2) is 53.4 Å². The molecule has 5 nitrogen and oxygen atoms in total. The third-order valence-corrected chi connectivity index (χ3v) is 5.25. The van der Waals surface area contributed by atoms with Crippen LogP contribution in [-0.2, 0) is 16.6 Å². The van der Waals surface area contributed by atoms with Gasteiger partial charge in [-0.3, -0.25) is 0 Å². The van der Waals surface area contributed by atoms with Gasteiger partial charge in [-0.15, -0.1) is 0 Å². The first-order valence-electron chi connectivity index (χ1n) is 8.09. The number of aliphatic hydroxyl groups is 1. The topological polar surface area (TPSA) is 66.8 Å². The van der Waals surface area contributed by atoms with Gasteiger partial charge in [0.15, 0.2) is 0 Å². The molecule has 0 heterocycles. The lowest BCUT2D eigenvalue weighted by atomic mass is 10.2. The molecule has 0 spiro atoms. The number of ether oxygens (including phenoxy) is 1. The molecule has 2 rings (SSSR count). The van der Waals surface area contributed by atoms with Crippen molar-refractivity contribution in [3.63, 3.8) is 0 Å². The van der Waals surface area contributed by atoms with Gasteiger partial charge in [-0.2, -0.15) is 0 Å². The van der Waals surface area contributed by atoms with Gasteiger partial charge in [0, 0.05) is 6.04 Å². The highest BCUT2D eigenvalue weighted by Crippen LogP contribution is 2.20. The largest absolute Gasteiger partial charge is 0.497 e. The normalized spacial score (nSPS) is 11.4. The van der Waals surface area contributed by atoms with Crippen LogP contribution in [0.3, 0.4) is 0 Å². The van der Waals surface area contributed by atoms with Crippen LogP contribution in [0, 0.1) is 18.9 Å². The Bertz CT molecular complexity index is 900. The van der Waals surface area contributed by atoms with E-state index in [0.29, 0.717) is 5.75 Å². The molecule has 0 aromatic heterocycles. The molecule has 0 amide bonds. The van der Waals surface area contributed by atoms with Gasteiger partial charge in [0.25, 0.3) is 10.0 Å². The Balaban J connectivity index is 2.41. The van der Waals surface area contributed by atoms with Crippen molar-refractivity contribution < 1.29 is 18.3 Å². The molecule has 0 aliphatic carbocycles. The molecule has 2 aromatic rings. The SMILES string of the molecule is COc1ccc(CN(C#CC(C)(C)O)S(=O)(=O)c2ccc(C)cc2)cc1. The predicted octanol–water partition coefficient (Wildman–Crippen LogP) is 2.93. The second-order valence-electron chi connectivity index (χ2n) is 6.47. The molecule has 0 unspecified atom stereocenters. The number of aryl methyl sites for hydroxylation is 1. The molecular weight excluding hydrogens is 350 g/mol. The fraction of sp³-hybridized carbons (Fsp3) is 0.300. The van der Waals surface area contributed by atoms with E-state index in [4.69, 9.17) is 4.74 Å². The highest BCUT2D eigenvalue weighted by Gasteiger charge is 2.23. The molecule has 0 atom stereocenters. The van der Waals surface area contributed by atoms with Gasteiger partial charge in [-0.1, -0.05) is 29.8 Å². The summed E-state index contributed by atoms with van der Waals surface area (Å²) in [5.41, 5.74) is 0.417. The van der Waals surface area contributed by atoms with Crippen LogP contribution in [-0.4, -0.2) is 30.5 Å². The zero-order valence-electron chi connectivity index (χ0n) is 15.4. The number of benzene rings is 2. The summed E-state index contributed by atoms with van der Waals surface area (Å²) in [5.74, 6) is 3.26. The maximum absolute atomic E-state index is 13.0. The van der Waals surface area contributed by atoms with E-state index in [-0.39, 0.29) is 11.4 Å². The summed E-state index contributed by atoms with van der Waals surface area (Å²) in [7, 11) is -2.27. The smallest absolute Gasteiger partial charge is 0.271 e. The van der Waals surface area contributed by atoms with Crippen LogP contribution >= 0.6 is 0 Å². The van der Waals surface area contributed by atoms with E-state index in [0.717, 1.165) is 15.4 Å². The highest BCUT2D eigenvalue weighted by molar-refractivity contribution is 7.89. The Morgan fingerprint density at radius 2 is 1.65 bits per heavy atom. The van der Waals surface area contributed by atoms with Gasteiger partial charge in [0.2, 0.25) is 0 Å². The fourth-order valence-electron chi connectivity index (χ4n) is 2.12. The minimum absolute atomic E-state index is 0.0588. The third kappa shape index (κ3) is 5.25. The standard InChI is InChI=1S/C20H23NO4S/c1-16-5-11-19(12-6-16)26(23,24)21(14-13-20(2,3)22)15-17-7-9-18(25-4)10-8-17/h5-12,22H,15H2,1-4H3. The van der Waals surface area contributed by atoms with Crippen LogP contribution in [0.1, 0.15) is 25.0 Å². The zero-order chi connectivity index (χ0) is 19.4. The quantitative estimate of drug-likeness (QED) is 0.646. The third-order valence-electron chi connectivity index (χ3n) is 3.58. The van der Waals surface area contributed by atoms with Crippen molar-refractivity contribution in [1.29, 1.82) is 0 Å². The van der Waals surface area contributed by atoms with Crippen molar-refractivity contribution in [1.82, 2.24) is 4.31 Å². The minimum Gasteiger partial charge on any atom is -0.497 e. The Hall–Kier alpha value is -2.49. The summed E-state index contributed by atoms with van der Waals surface area (Å²) in [4.78, 5) is 0.154. The Morgan fingerprint density at radius 3 is 2.15 bits per heavy atom. The zero-order valence-corrected chi connectivity index (χ0v) is 16.2. The monoisotopic (exact) mass is 373 g/mol. The number of sulfonamides is 1. The van der Waals surface area contributed by atoms with Gasteiger partial charge in [0.1, 0.15) is 11.4 Å². The summed E-state index contributed by atoms with van der Waals surface area (Å²) >= 11 is 0. The average molecular weight is 373 g/mol. The Morgan fingerprint density at radius 1 is 1.08 bits per heavy atom. The molecule has 1 N–H and O–H groups in total. The van der Waals surface area contributed by atoms with Gasteiger partial charge in [-0.05, 0) is 56.5 Å². The number of rotatable bonds is 5. The predicted molar refractivity (Wildman–Crippen MR) is 101 cm³/mol. The molecule has 0 saturated heterocycles. The van der Waals surface area contributed by atoms with Gasteiger partial charge >= 0.3 is 0 Å². The first kappa shape index (κ1) is 19.8. The molecule has 2 aromatic carbocycles. The molecule has 6 heteroatoms. The highest BCUT2D eigenvalue weighted by atomic mass is 32.2. The second kappa shape index (κ2) is 7.81. The molecule has 0 fully saturated rings. The second-order valence-corrected chi connectivity index (χ2v) is 8.33. The van der Waals surface area contributed by atoms with E-state index in [2.05, 4.69) is 12.0 Å². The fourth-order valence-corrected chi connectivity index (χ4v) is 3.34. The number of hydrogen-bond acceptors (Lipinski definition) is 4. The summed E-state index contributed by atoms with van der Waals surface area (Å²) in [6.45, 7) is 4.96. The molecule has 0 aliphatic rings. The number of hydrogen-bond donors (Lipinski definition) is 1. The lowest BCUT2D eigenvalue weighted by molar-refractivity contribution is 0.143. The molecule has 0 saturated carbocycles. The first-order valence-corrected chi connectivity index (χ1v) is 9.53. The van der Waals surface area contributed by atoms with Gasteiger partial charge in [0.05, 0.1) is 18.6 Å². The molecule has 0 bridgehead atoms. The van der Waals surface area contributed by atoms with E-state index in [1.807, 2.05) is 6.92 Å². The Kier molecular flexibility index (Phi) is 5.96. The Labute approximate surface area is 155 Å². The van der Waals surface area contributed by atoms with Crippen molar-refractivity contribution >= 4 is 10.0 Å². The summed E-state index contributed by atoms with van der Waals surface area (Å²) in [6.07, 6.45) is 0. The van der Waals surface area contributed by atoms with Gasteiger partial charge in [-0.25, -0.2) is 12.7 Å². The average Bonchev–Trinajstić information content (AvgIpc) is 2.58. The van der Waals surface area contributed by atoms with Crippen LogP contribution in [0.2, 0.25) is 0 Å². The van der Waals surface area contributed by atoms with E-state index in [9.17, 15) is 13.5 Å². The van der Waals surface area contributed by atoms with E-state index < -0.39 is 15.6 Å². The van der Waals surface area contributed by atoms with Crippen LogP contribution in [0.25, 0.3) is 0 Å². The van der Waals surface area contributed by atoms with Crippen molar-refractivity contribution in [3.8, 4) is 17.7 Å². The van der Waals surface area contributed by atoms with E-state index in [1.54, 1.807) is 55.6 Å². The van der Waals surface area contributed by atoms with E-state index in [1.165, 1.54) is 13.8 Å². The maximum atomic E-state index is 13.0.